The number of carbonyl (C=O) groups is 1. The molecule has 3 aliphatic rings. The van der Waals surface area contributed by atoms with E-state index in [1.54, 1.807) is 0 Å². The number of nitrogens with zero attached hydrogens (tertiary/aromatic N) is 4. The number of amides is 2. The quantitative estimate of drug-likeness (QED) is 0.925. The Morgan fingerprint density at radius 2 is 2.00 bits per heavy atom. The van der Waals surface area contributed by atoms with Gasteiger partial charge in [-0.15, -0.1) is 0 Å². The van der Waals surface area contributed by atoms with Gasteiger partial charge in [0, 0.05) is 31.4 Å². The number of hydrogen-bond donors (Lipinski definition) is 1. The van der Waals surface area contributed by atoms with E-state index < -0.39 is 0 Å². The molecule has 2 amide bonds. The highest BCUT2D eigenvalue weighted by Crippen LogP contribution is 2.28. The van der Waals surface area contributed by atoms with E-state index in [0.717, 1.165) is 18.8 Å². The Kier molecular flexibility index (Phi) is 4.48. The average molecular weight is 331 g/mol. The van der Waals surface area contributed by atoms with Gasteiger partial charge in [0.2, 0.25) is 0 Å². The summed E-state index contributed by atoms with van der Waals surface area (Å²) in [7, 11) is 0. The molecular weight excluding hydrogens is 302 g/mol. The van der Waals surface area contributed by atoms with Gasteiger partial charge in [0.15, 0.2) is 0 Å². The van der Waals surface area contributed by atoms with Gasteiger partial charge in [0.05, 0.1) is 18.3 Å². The molecule has 3 fully saturated rings. The molecule has 1 N–H and O–H groups in total. The summed E-state index contributed by atoms with van der Waals surface area (Å²) in [5.74, 6) is 0. The Bertz CT molecular complexity index is 580. The summed E-state index contributed by atoms with van der Waals surface area (Å²) >= 11 is 0. The molecular formula is C18H29N5O. The fraction of sp³-hybridized carbons (Fsp3) is 0.778. The molecule has 4 rings (SSSR count). The molecule has 2 atom stereocenters. The molecule has 0 radical (unpaired) electrons. The van der Waals surface area contributed by atoms with Crippen LogP contribution in [0.1, 0.15) is 57.2 Å². The fourth-order valence-electron chi connectivity index (χ4n) is 4.58. The number of fused-ring (bicyclic) bond motifs is 1. The largest absolute Gasteiger partial charge is 0.332 e. The van der Waals surface area contributed by atoms with Crippen LogP contribution in [0.3, 0.4) is 0 Å². The first-order valence-corrected chi connectivity index (χ1v) is 9.53. The third-order valence-corrected chi connectivity index (χ3v) is 5.98. The van der Waals surface area contributed by atoms with Gasteiger partial charge in [-0.2, -0.15) is 5.10 Å². The van der Waals surface area contributed by atoms with Crippen LogP contribution in [0.2, 0.25) is 0 Å². The van der Waals surface area contributed by atoms with Crippen molar-refractivity contribution in [3.05, 3.63) is 18.0 Å². The zero-order valence-corrected chi connectivity index (χ0v) is 14.7. The minimum absolute atomic E-state index is 0.0597. The lowest BCUT2D eigenvalue weighted by atomic mass is 10.1. The molecule has 2 saturated heterocycles. The van der Waals surface area contributed by atoms with E-state index in [1.165, 1.54) is 45.1 Å². The van der Waals surface area contributed by atoms with Gasteiger partial charge in [0.25, 0.3) is 0 Å². The molecule has 1 aromatic heterocycles. The summed E-state index contributed by atoms with van der Waals surface area (Å²) in [6.45, 7) is 5.75. The predicted molar refractivity (Wildman–Crippen MR) is 92.7 cm³/mol. The second-order valence-electron chi connectivity index (χ2n) is 7.68. The standard InChI is InChI=1S/C18H29N5O/c1-14-12-21-9-4-7-17(21)13-22(14)18(24)19-11-15-8-10-23(20-15)16-5-2-3-6-16/h8,10,14,16-17H,2-7,9,11-13H2,1H3,(H,19,24)/t14-,17+/m0/s1. The Labute approximate surface area is 144 Å². The van der Waals surface area contributed by atoms with Crippen LogP contribution >= 0.6 is 0 Å². The van der Waals surface area contributed by atoms with Crippen molar-refractivity contribution in [1.82, 2.24) is 24.9 Å². The lowest BCUT2D eigenvalue weighted by molar-refractivity contribution is 0.0802. The molecule has 1 aliphatic carbocycles. The number of hydrogen-bond acceptors (Lipinski definition) is 3. The van der Waals surface area contributed by atoms with Crippen LogP contribution in [-0.4, -0.2) is 57.3 Å². The number of rotatable bonds is 3. The van der Waals surface area contributed by atoms with Crippen LogP contribution < -0.4 is 5.32 Å². The molecule has 6 heteroatoms. The number of urea groups is 1. The van der Waals surface area contributed by atoms with E-state index in [-0.39, 0.29) is 12.1 Å². The summed E-state index contributed by atoms with van der Waals surface area (Å²) in [6.07, 6.45) is 9.64. The van der Waals surface area contributed by atoms with E-state index in [9.17, 15) is 4.79 Å². The summed E-state index contributed by atoms with van der Waals surface area (Å²) < 4.78 is 2.09. The Balaban J connectivity index is 1.31. The molecule has 0 aromatic carbocycles. The summed E-state index contributed by atoms with van der Waals surface area (Å²) in [5.41, 5.74) is 0.961. The predicted octanol–water partition coefficient (Wildman–Crippen LogP) is 2.38. The number of nitrogens with one attached hydrogen (secondary N) is 1. The van der Waals surface area contributed by atoms with Crippen LogP contribution in [0.25, 0.3) is 0 Å². The minimum Gasteiger partial charge on any atom is -0.332 e. The highest BCUT2D eigenvalue weighted by Gasteiger charge is 2.36. The maximum absolute atomic E-state index is 12.6. The van der Waals surface area contributed by atoms with Crippen molar-refractivity contribution in [3.8, 4) is 0 Å². The molecule has 0 spiro atoms. The van der Waals surface area contributed by atoms with Crippen LogP contribution in [-0.2, 0) is 6.54 Å². The van der Waals surface area contributed by atoms with Gasteiger partial charge in [-0.1, -0.05) is 12.8 Å². The van der Waals surface area contributed by atoms with E-state index in [4.69, 9.17) is 0 Å². The number of carbonyl (C=O) groups excluding carboxylic acids is 1. The van der Waals surface area contributed by atoms with Crippen LogP contribution in [0.15, 0.2) is 12.3 Å². The first kappa shape index (κ1) is 15.9. The second kappa shape index (κ2) is 6.75. The average Bonchev–Trinajstić information content (AvgIpc) is 3.31. The first-order chi connectivity index (χ1) is 11.7. The Hall–Kier alpha value is -1.56. The molecule has 0 unspecified atom stereocenters. The Morgan fingerprint density at radius 1 is 1.21 bits per heavy atom. The van der Waals surface area contributed by atoms with E-state index >= 15 is 0 Å². The van der Waals surface area contributed by atoms with Gasteiger partial charge in [-0.25, -0.2) is 4.79 Å². The van der Waals surface area contributed by atoms with Crippen LogP contribution in [0.5, 0.6) is 0 Å². The first-order valence-electron chi connectivity index (χ1n) is 9.53. The van der Waals surface area contributed by atoms with Gasteiger partial charge < -0.3 is 10.2 Å². The molecule has 1 saturated carbocycles. The minimum atomic E-state index is 0.0597. The van der Waals surface area contributed by atoms with Crippen molar-refractivity contribution >= 4 is 6.03 Å². The number of piperazine rings is 1. The molecule has 3 heterocycles. The lowest BCUT2D eigenvalue weighted by Gasteiger charge is -2.42. The summed E-state index contributed by atoms with van der Waals surface area (Å²) in [6, 6.07) is 3.51. The van der Waals surface area contributed by atoms with Crippen molar-refractivity contribution in [2.24, 2.45) is 0 Å². The monoisotopic (exact) mass is 331 g/mol. The topological polar surface area (TPSA) is 53.4 Å². The van der Waals surface area contributed by atoms with Gasteiger partial charge in [0.1, 0.15) is 0 Å². The maximum atomic E-state index is 12.6. The maximum Gasteiger partial charge on any atom is 0.318 e. The normalized spacial score (nSPS) is 28.3. The Morgan fingerprint density at radius 3 is 2.83 bits per heavy atom. The van der Waals surface area contributed by atoms with E-state index in [1.807, 2.05) is 11.0 Å². The highest BCUT2D eigenvalue weighted by atomic mass is 16.2. The zero-order chi connectivity index (χ0) is 16.5. The van der Waals surface area contributed by atoms with Gasteiger partial charge >= 0.3 is 6.03 Å². The SMILES string of the molecule is C[C@H]1CN2CCC[C@@H]2CN1C(=O)NCc1ccn(C2CCCC2)n1. The third-order valence-electron chi connectivity index (χ3n) is 5.98. The van der Waals surface area contributed by atoms with E-state index in [0.29, 0.717) is 18.6 Å². The smallest absolute Gasteiger partial charge is 0.318 e. The van der Waals surface area contributed by atoms with Crippen LogP contribution in [0.4, 0.5) is 4.79 Å². The third kappa shape index (κ3) is 3.16. The molecule has 132 valence electrons. The zero-order valence-electron chi connectivity index (χ0n) is 14.7. The van der Waals surface area contributed by atoms with E-state index in [2.05, 4.69) is 33.1 Å². The second-order valence-corrected chi connectivity index (χ2v) is 7.68. The molecule has 24 heavy (non-hydrogen) atoms. The van der Waals surface area contributed by atoms with Gasteiger partial charge in [-0.3, -0.25) is 9.58 Å². The van der Waals surface area contributed by atoms with Crippen LogP contribution in [0, 0.1) is 0 Å². The summed E-state index contributed by atoms with van der Waals surface area (Å²) in [4.78, 5) is 17.1. The molecule has 6 nitrogen and oxygen atoms in total. The molecule has 1 aromatic rings. The summed E-state index contributed by atoms with van der Waals surface area (Å²) in [5, 5.41) is 7.73. The van der Waals surface area contributed by atoms with Crippen molar-refractivity contribution < 1.29 is 4.79 Å². The highest BCUT2D eigenvalue weighted by molar-refractivity contribution is 5.74. The fourth-order valence-corrected chi connectivity index (χ4v) is 4.58. The lowest BCUT2D eigenvalue weighted by Crippen LogP contribution is -2.58. The molecule has 2 aliphatic heterocycles. The number of aromatic nitrogens is 2. The van der Waals surface area contributed by atoms with Gasteiger partial charge in [-0.05, 0) is 45.2 Å². The van der Waals surface area contributed by atoms with Crippen molar-refractivity contribution in [2.45, 2.75) is 70.1 Å². The van der Waals surface area contributed by atoms with Crippen molar-refractivity contribution in [2.75, 3.05) is 19.6 Å². The van der Waals surface area contributed by atoms with Crippen molar-refractivity contribution in [3.63, 3.8) is 0 Å². The molecule has 0 bridgehead atoms. The van der Waals surface area contributed by atoms with Crippen molar-refractivity contribution in [1.29, 1.82) is 0 Å².